The summed E-state index contributed by atoms with van der Waals surface area (Å²) < 4.78 is 0. The second-order valence-electron chi connectivity index (χ2n) is 5.64. The van der Waals surface area contributed by atoms with E-state index >= 15 is 0 Å². The molecule has 2 aliphatic heterocycles. The van der Waals surface area contributed by atoms with Gasteiger partial charge in [-0.2, -0.15) is 15.3 Å². The zero-order valence-corrected chi connectivity index (χ0v) is 12.2. The average Bonchev–Trinajstić information content (AvgIpc) is 2.82. The summed E-state index contributed by atoms with van der Waals surface area (Å²) in [6.07, 6.45) is 10.5. The highest BCUT2D eigenvalue weighted by Crippen LogP contribution is 2.33. The van der Waals surface area contributed by atoms with Gasteiger partial charge in [-0.3, -0.25) is 5.43 Å². The Morgan fingerprint density at radius 3 is 2.55 bits per heavy atom. The maximum Gasteiger partial charge on any atom is 0.189 e. The summed E-state index contributed by atoms with van der Waals surface area (Å²) >= 11 is 5.46. The molecule has 0 aromatic carbocycles. The molecule has 0 spiro atoms. The van der Waals surface area contributed by atoms with Gasteiger partial charge < -0.3 is 4.90 Å². The predicted molar refractivity (Wildman–Crippen MR) is 82.4 cm³/mol. The van der Waals surface area contributed by atoms with Crippen molar-refractivity contribution in [2.75, 3.05) is 13.1 Å². The van der Waals surface area contributed by atoms with Gasteiger partial charge in [0.25, 0.3) is 0 Å². The molecule has 0 amide bonds. The Morgan fingerprint density at radius 2 is 1.95 bits per heavy atom. The molecule has 5 nitrogen and oxygen atoms in total. The van der Waals surface area contributed by atoms with Crippen LogP contribution in [0.4, 0.5) is 0 Å². The minimum Gasteiger partial charge on any atom is -0.347 e. The van der Waals surface area contributed by atoms with Gasteiger partial charge in [0.1, 0.15) is 0 Å². The maximum atomic E-state index is 5.46. The first kappa shape index (κ1) is 13.4. The van der Waals surface area contributed by atoms with Crippen LogP contribution in [0.25, 0.3) is 0 Å². The van der Waals surface area contributed by atoms with Crippen LogP contribution in [0.1, 0.15) is 31.2 Å². The minimum absolute atomic E-state index is 0.738. The molecule has 0 atom stereocenters. The van der Waals surface area contributed by atoms with Gasteiger partial charge in [0.05, 0.1) is 18.6 Å². The molecule has 1 aromatic heterocycles. The van der Waals surface area contributed by atoms with Crippen molar-refractivity contribution in [1.29, 1.82) is 0 Å². The van der Waals surface area contributed by atoms with Crippen LogP contribution in [-0.4, -0.2) is 39.5 Å². The number of thiocarbonyl (C=S) groups is 1. The normalized spacial score (nSPS) is 25.7. The van der Waals surface area contributed by atoms with Crippen LogP contribution in [0.5, 0.6) is 0 Å². The van der Waals surface area contributed by atoms with E-state index < -0.39 is 0 Å². The molecule has 20 heavy (non-hydrogen) atoms. The quantitative estimate of drug-likeness (QED) is 0.511. The molecule has 1 N–H and O–H groups in total. The van der Waals surface area contributed by atoms with E-state index in [0.29, 0.717) is 0 Å². The number of hydrogen-bond acceptors (Lipinski definition) is 4. The van der Waals surface area contributed by atoms with Crippen molar-refractivity contribution < 1.29 is 0 Å². The SMILES string of the molecule is S=C(N/N=C/c1ccnnc1)N1CC2CCC(CC2)C1. The van der Waals surface area contributed by atoms with Crippen LogP contribution in [0.2, 0.25) is 0 Å². The van der Waals surface area contributed by atoms with Crippen LogP contribution in [0.3, 0.4) is 0 Å². The fraction of sp³-hybridized carbons (Fsp3) is 0.571. The molecule has 1 saturated carbocycles. The van der Waals surface area contributed by atoms with Crippen molar-refractivity contribution in [2.45, 2.75) is 25.7 Å². The zero-order chi connectivity index (χ0) is 13.8. The van der Waals surface area contributed by atoms with E-state index in [-0.39, 0.29) is 0 Å². The lowest BCUT2D eigenvalue weighted by Gasteiger charge is -2.24. The van der Waals surface area contributed by atoms with Crippen molar-refractivity contribution in [3.63, 3.8) is 0 Å². The highest BCUT2D eigenvalue weighted by molar-refractivity contribution is 7.80. The highest BCUT2D eigenvalue weighted by atomic mass is 32.1. The molecule has 3 aliphatic rings. The molecular weight excluding hydrogens is 270 g/mol. The third kappa shape index (κ3) is 3.30. The second-order valence-corrected chi connectivity index (χ2v) is 6.03. The topological polar surface area (TPSA) is 53.4 Å². The third-order valence-electron chi connectivity index (χ3n) is 4.19. The zero-order valence-electron chi connectivity index (χ0n) is 11.4. The monoisotopic (exact) mass is 289 g/mol. The first-order valence-electron chi connectivity index (χ1n) is 7.16. The number of rotatable bonds is 2. The first-order valence-corrected chi connectivity index (χ1v) is 7.57. The molecule has 2 bridgehead atoms. The Labute approximate surface area is 124 Å². The van der Waals surface area contributed by atoms with Crippen molar-refractivity contribution >= 4 is 23.5 Å². The molecule has 0 radical (unpaired) electrons. The smallest absolute Gasteiger partial charge is 0.189 e. The van der Waals surface area contributed by atoms with E-state index in [1.807, 2.05) is 6.07 Å². The van der Waals surface area contributed by atoms with E-state index in [4.69, 9.17) is 12.2 Å². The summed E-state index contributed by atoms with van der Waals surface area (Å²) in [5.74, 6) is 1.61. The Kier molecular flexibility index (Phi) is 4.20. The van der Waals surface area contributed by atoms with E-state index in [0.717, 1.165) is 35.6 Å². The lowest BCUT2D eigenvalue weighted by atomic mass is 9.84. The van der Waals surface area contributed by atoms with Crippen LogP contribution < -0.4 is 5.43 Å². The molecule has 6 heteroatoms. The summed E-state index contributed by atoms with van der Waals surface area (Å²) in [5.41, 5.74) is 3.88. The van der Waals surface area contributed by atoms with Crippen LogP contribution in [0, 0.1) is 11.8 Å². The number of nitrogens with one attached hydrogen (secondary N) is 1. The number of hydrazone groups is 1. The Hall–Kier alpha value is -1.56. The molecule has 4 rings (SSSR count). The fourth-order valence-corrected chi connectivity index (χ4v) is 3.27. The second kappa shape index (κ2) is 6.26. The fourth-order valence-electron chi connectivity index (χ4n) is 3.07. The minimum atomic E-state index is 0.738. The van der Waals surface area contributed by atoms with Gasteiger partial charge in [0.2, 0.25) is 0 Å². The largest absolute Gasteiger partial charge is 0.347 e. The molecule has 0 unspecified atom stereocenters. The Bertz CT molecular complexity index is 468. The number of hydrogen-bond donors (Lipinski definition) is 1. The molecule has 1 aliphatic carbocycles. The van der Waals surface area contributed by atoms with E-state index in [1.54, 1.807) is 18.6 Å². The lowest BCUT2D eigenvalue weighted by Crippen LogP contribution is -2.40. The van der Waals surface area contributed by atoms with Crippen LogP contribution >= 0.6 is 12.2 Å². The Morgan fingerprint density at radius 1 is 1.25 bits per heavy atom. The highest BCUT2D eigenvalue weighted by Gasteiger charge is 2.30. The van der Waals surface area contributed by atoms with Gasteiger partial charge in [0, 0.05) is 18.7 Å². The van der Waals surface area contributed by atoms with Gasteiger partial charge in [-0.1, -0.05) is 0 Å². The summed E-state index contributed by atoms with van der Waals surface area (Å²) in [7, 11) is 0. The Balaban J connectivity index is 1.55. The van der Waals surface area contributed by atoms with E-state index in [9.17, 15) is 0 Å². The van der Waals surface area contributed by atoms with Gasteiger partial charge in [-0.05, 0) is 55.8 Å². The molecule has 2 saturated heterocycles. The number of fused-ring (bicyclic) bond motifs is 4. The van der Waals surface area contributed by atoms with Gasteiger partial charge in [-0.25, -0.2) is 0 Å². The lowest BCUT2D eigenvalue weighted by molar-refractivity contribution is 0.326. The first-order chi connectivity index (χ1) is 9.81. The summed E-state index contributed by atoms with van der Waals surface area (Å²) in [4.78, 5) is 2.28. The van der Waals surface area contributed by atoms with Crippen molar-refractivity contribution in [3.05, 3.63) is 24.0 Å². The standard InChI is InChI=1S/C14H19N5S/c20-14(18-17-8-13-5-6-15-16-7-13)19-9-11-1-2-12(10-19)4-3-11/h5-8,11-12H,1-4,9-10H2,(H,18,20)/b17-8+. The van der Waals surface area contributed by atoms with Crippen molar-refractivity contribution in [3.8, 4) is 0 Å². The van der Waals surface area contributed by atoms with Crippen molar-refractivity contribution in [2.24, 2.45) is 16.9 Å². The maximum absolute atomic E-state index is 5.46. The van der Waals surface area contributed by atoms with Crippen molar-refractivity contribution in [1.82, 2.24) is 20.5 Å². The summed E-state index contributed by atoms with van der Waals surface area (Å²) in [6.45, 7) is 2.16. The molecule has 1 aromatic rings. The van der Waals surface area contributed by atoms with E-state index in [1.165, 1.54) is 25.7 Å². The summed E-state index contributed by atoms with van der Waals surface area (Å²) in [5, 5.41) is 12.5. The average molecular weight is 289 g/mol. The number of nitrogens with zero attached hydrogens (tertiary/aromatic N) is 4. The van der Waals surface area contributed by atoms with E-state index in [2.05, 4.69) is 25.6 Å². The van der Waals surface area contributed by atoms with Gasteiger partial charge in [0.15, 0.2) is 5.11 Å². The molecular formula is C14H19N5S. The van der Waals surface area contributed by atoms with Gasteiger partial charge >= 0.3 is 0 Å². The summed E-state index contributed by atoms with van der Waals surface area (Å²) in [6, 6.07) is 1.85. The molecule has 3 heterocycles. The van der Waals surface area contributed by atoms with Crippen LogP contribution in [0.15, 0.2) is 23.6 Å². The molecule has 106 valence electrons. The van der Waals surface area contributed by atoms with Crippen LogP contribution in [-0.2, 0) is 0 Å². The molecule has 3 fully saturated rings. The number of aromatic nitrogens is 2. The third-order valence-corrected chi connectivity index (χ3v) is 4.54. The predicted octanol–water partition coefficient (Wildman–Crippen LogP) is 1.81. The van der Waals surface area contributed by atoms with Gasteiger partial charge in [-0.15, -0.1) is 0 Å².